The Balaban J connectivity index is 1.66. The van der Waals surface area contributed by atoms with E-state index >= 15 is 0 Å². The maximum absolute atomic E-state index is 13.0. The second kappa shape index (κ2) is 9.02. The molecule has 0 saturated carbocycles. The highest BCUT2D eigenvalue weighted by Gasteiger charge is 2.22. The van der Waals surface area contributed by atoms with Crippen molar-refractivity contribution in [3.8, 4) is 28.5 Å². The predicted octanol–water partition coefficient (Wildman–Crippen LogP) is 4.72. The summed E-state index contributed by atoms with van der Waals surface area (Å²) in [5, 5.41) is 16.8. The maximum Gasteiger partial charge on any atom is 0.271 e. The van der Waals surface area contributed by atoms with Crippen LogP contribution in [0.5, 0.6) is 0 Å². The number of nitrogens with one attached hydrogen (secondary N) is 1. The molecule has 0 spiro atoms. The van der Waals surface area contributed by atoms with Crippen LogP contribution in [0.15, 0.2) is 60.9 Å². The van der Waals surface area contributed by atoms with Gasteiger partial charge in [-0.1, -0.05) is 48.4 Å². The zero-order valence-corrected chi connectivity index (χ0v) is 18.6. The van der Waals surface area contributed by atoms with E-state index in [9.17, 15) is 10.1 Å². The Kier molecular flexibility index (Phi) is 5.78. The van der Waals surface area contributed by atoms with Crippen LogP contribution in [-0.2, 0) is 0 Å². The number of hydrazine groups is 1. The average Bonchev–Trinajstić information content (AvgIpc) is 3.29. The number of rotatable bonds is 4. The molecular formula is C25H21ClN6O. The number of carbonyl (C=O) groups is 1. The van der Waals surface area contributed by atoms with E-state index in [0.29, 0.717) is 21.8 Å². The number of piperidine rings is 1. The molecule has 3 heterocycles. The van der Waals surface area contributed by atoms with Gasteiger partial charge in [0.25, 0.3) is 5.91 Å². The van der Waals surface area contributed by atoms with Crippen molar-refractivity contribution in [2.45, 2.75) is 19.3 Å². The summed E-state index contributed by atoms with van der Waals surface area (Å²) >= 11 is 6.12. The Morgan fingerprint density at radius 1 is 1.00 bits per heavy atom. The van der Waals surface area contributed by atoms with E-state index in [1.807, 2.05) is 35.3 Å². The second-order valence-electron chi connectivity index (χ2n) is 7.97. The summed E-state index contributed by atoms with van der Waals surface area (Å²) in [6, 6.07) is 17.0. The van der Waals surface area contributed by atoms with Crippen LogP contribution in [0, 0.1) is 11.3 Å². The fraction of sp³-hybridized carbons (Fsp3) is 0.200. The molecule has 7 nitrogen and oxygen atoms in total. The van der Waals surface area contributed by atoms with Gasteiger partial charge in [-0.3, -0.25) is 10.2 Å². The van der Waals surface area contributed by atoms with Crippen molar-refractivity contribution in [1.29, 1.82) is 5.26 Å². The molecule has 1 aliphatic rings. The lowest BCUT2D eigenvalue weighted by Gasteiger charge is -2.26. The van der Waals surface area contributed by atoms with E-state index in [0.717, 1.165) is 48.3 Å². The van der Waals surface area contributed by atoms with E-state index in [-0.39, 0.29) is 5.91 Å². The van der Waals surface area contributed by atoms with Crippen LogP contribution in [0.25, 0.3) is 28.0 Å². The third-order valence-corrected chi connectivity index (χ3v) is 6.09. The molecule has 5 rings (SSSR count). The molecule has 1 fully saturated rings. The Hall–Kier alpha value is -3.73. The molecule has 2 aromatic heterocycles. The highest BCUT2D eigenvalue weighted by molar-refractivity contribution is 6.30. The van der Waals surface area contributed by atoms with Gasteiger partial charge in [0.1, 0.15) is 5.56 Å². The van der Waals surface area contributed by atoms with Crippen LogP contribution < -0.4 is 5.43 Å². The first-order valence-electron chi connectivity index (χ1n) is 10.8. The van der Waals surface area contributed by atoms with E-state index in [1.54, 1.807) is 35.1 Å². The molecule has 164 valence electrons. The number of hydrogen-bond donors (Lipinski definition) is 1. The van der Waals surface area contributed by atoms with Gasteiger partial charge < -0.3 is 0 Å². The van der Waals surface area contributed by atoms with E-state index in [4.69, 9.17) is 11.6 Å². The highest BCUT2D eigenvalue weighted by Crippen LogP contribution is 2.34. The van der Waals surface area contributed by atoms with Gasteiger partial charge in [-0.05, 0) is 31.0 Å². The van der Waals surface area contributed by atoms with Gasteiger partial charge in [0.15, 0.2) is 5.65 Å². The first-order chi connectivity index (χ1) is 16.2. The number of amides is 1. The standard InChI is InChI=1S/C25H21ClN6O/c26-19-10-8-17(9-11-19)23-21(20-7-3-2-6-18(20)14-27)15-28-24-22(16-29-32(23)24)25(33)30-31-12-4-1-5-13-31/h2-3,6-11,15-16H,1,4-5,12-13H2,(H,30,33). The van der Waals surface area contributed by atoms with Crippen LogP contribution in [0.3, 0.4) is 0 Å². The quantitative estimate of drug-likeness (QED) is 0.480. The largest absolute Gasteiger partial charge is 0.285 e. The third-order valence-electron chi connectivity index (χ3n) is 5.84. The predicted molar refractivity (Wildman–Crippen MR) is 126 cm³/mol. The molecular weight excluding hydrogens is 436 g/mol. The molecule has 0 unspecified atom stereocenters. The molecule has 0 atom stereocenters. The number of halogens is 1. The summed E-state index contributed by atoms with van der Waals surface area (Å²) in [4.78, 5) is 17.6. The fourth-order valence-corrected chi connectivity index (χ4v) is 4.32. The lowest BCUT2D eigenvalue weighted by atomic mass is 9.97. The molecule has 0 radical (unpaired) electrons. The molecule has 1 N–H and O–H groups in total. The van der Waals surface area contributed by atoms with Crippen molar-refractivity contribution in [2.24, 2.45) is 0 Å². The molecule has 1 aliphatic heterocycles. The van der Waals surface area contributed by atoms with Gasteiger partial charge >= 0.3 is 0 Å². The number of nitriles is 1. The number of fused-ring (bicyclic) bond motifs is 1. The van der Waals surface area contributed by atoms with E-state index in [1.165, 1.54) is 6.42 Å². The minimum absolute atomic E-state index is 0.230. The summed E-state index contributed by atoms with van der Waals surface area (Å²) < 4.78 is 1.66. The van der Waals surface area contributed by atoms with Crippen molar-refractivity contribution in [2.75, 3.05) is 13.1 Å². The van der Waals surface area contributed by atoms with Crippen LogP contribution in [0.4, 0.5) is 0 Å². The normalized spacial score (nSPS) is 14.2. The van der Waals surface area contributed by atoms with Gasteiger partial charge in [-0.25, -0.2) is 14.5 Å². The summed E-state index contributed by atoms with van der Waals surface area (Å²) in [6.45, 7) is 1.67. The SMILES string of the molecule is N#Cc1ccccc1-c1cnc2c(C(=O)NN3CCCCC3)cnn2c1-c1ccc(Cl)cc1. The van der Waals surface area contributed by atoms with Gasteiger partial charge in [0, 0.05) is 41.0 Å². The molecule has 0 aliphatic carbocycles. The Morgan fingerprint density at radius 3 is 2.52 bits per heavy atom. The van der Waals surface area contributed by atoms with E-state index in [2.05, 4.69) is 21.6 Å². The zero-order valence-electron chi connectivity index (χ0n) is 17.8. The van der Waals surface area contributed by atoms with Crippen LogP contribution in [-0.4, -0.2) is 38.6 Å². The zero-order chi connectivity index (χ0) is 22.8. The summed E-state index contributed by atoms with van der Waals surface area (Å²) in [7, 11) is 0. The Bertz CT molecular complexity index is 1370. The first-order valence-corrected chi connectivity index (χ1v) is 11.2. The van der Waals surface area contributed by atoms with Gasteiger partial charge in [0.2, 0.25) is 0 Å². The number of nitrogens with zero attached hydrogens (tertiary/aromatic N) is 5. The number of carbonyl (C=O) groups excluding carboxylic acids is 1. The van der Waals surface area contributed by atoms with Crippen LogP contribution >= 0.6 is 11.6 Å². The third kappa shape index (κ3) is 4.07. The van der Waals surface area contributed by atoms with Crippen molar-refractivity contribution in [1.82, 2.24) is 25.0 Å². The van der Waals surface area contributed by atoms with Crippen LogP contribution in [0.2, 0.25) is 5.02 Å². The van der Waals surface area contributed by atoms with E-state index < -0.39 is 0 Å². The van der Waals surface area contributed by atoms with Crippen molar-refractivity contribution < 1.29 is 4.79 Å². The lowest BCUT2D eigenvalue weighted by Crippen LogP contribution is -2.45. The number of aromatic nitrogens is 3. The summed E-state index contributed by atoms with van der Waals surface area (Å²) in [5.74, 6) is -0.230. The summed E-state index contributed by atoms with van der Waals surface area (Å²) in [5.41, 5.74) is 7.44. The Labute approximate surface area is 196 Å². The Morgan fingerprint density at radius 2 is 1.76 bits per heavy atom. The molecule has 33 heavy (non-hydrogen) atoms. The van der Waals surface area contributed by atoms with Crippen LogP contribution in [0.1, 0.15) is 35.2 Å². The number of hydrogen-bond acceptors (Lipinski definition) is 5. The lowest BCUT2D eigenvalue weighted by molar-refractivity contribution is 0.0751. The molecule has 8 heteroatoms. The second-order valence-corrected chi connectivity index (χ2v) is 8.40. The molecule has 4 aromatic rings. The molecule has 0 bridgehead atoms. The van der Waals surface area contributed by atoms with Gasteiger partial charge in [0.05, 0.1) is 23.5 Å². The molecule has 1 saturated heterocycles. The smallest absolute Gasteiger partial charge is 0.271 e. The van der Waals surface area contributed by atoms with Gasteiger partial charge in [-0.2, -0.15) is 10.4 Å². The monoisotopic (exact) mass is 456 g/mol. The van der Waals surface area contributed by atoms with Crippen molar-refractivity contribution >= 4 is 23.2 Å². The van der Waals surface area contributed by atoms with Crippen molar-refractivity contribution in [3.05, 3.63) is 77.1 Å². The number of benzene rings is 2. The minimum Gasteiger partial charge on any atom is -0.285 e. The fourth-order valence-electron chi connectivity index (χ4n) is 4.20. The molecule has 1 amide bonds. The highest BCUT2D eigenvalue weighted by atomic mass is 35.5. The summed E-state index contributed by atoms with van der Waals surface area (Å²) in [6.07, 6.45) is 6.56. The maximum atomic E-state index is 13.0. The first kappa shape index (κ1) is 21.1. The average molecular weight is 457 g/mol. The molecule has 2 aromatic carbocycles. The topological polar surface area (TPSA) is 86.3 Å². The van der Waals surface area contributed by atoms with Crippen molar-refractivity contribution in [3.63, 3.8) is 0 Å². The van der Waals surface area contributed by atoms with Gasteiger partial charge in [-0.15, -0.1) is 0 Å². The minimum atomic E-state index is -0.230.